The summed E-state index contributed by atoms with van der Waals surface area (Å²) in [5.74, 6) is -0.671. The van der Waals surface area contributed by atoms with E-state index in [9.17, 15) is 9.59 Å². The minimum atomic E-state index is -0.345. The zero-order valence-corrected chi connectivity index (χ0v) is 12.7. The molecule has 0 unspecified atom stereocenters. The van der Waals surface area contributed by atoms with E-state index >= 15 is 0 Å². The summed E-state index contributed by atoms with van der Waals surface area (Å²) in [4.78, 5) is 25.0. The number of nitrogens with one attached hydrogen (secondary N) is 2. The Labute approximate surface area is 127 Å². The van der Waals surface area contributed by atoms with E-state index < -0.39 is 0 Å². The van der Waals surface area contributed by atoms with Crippen molar-refractivity contribution in [3.63, 3.8) is 0 Å². The van der Waals surface area contributed by atoms with Crippen LogP contribution in [0.5, 0.6) is 0 Å². The molecule has 0 heterocycles. The third kappa shape index (κ3) is 3.86. The second kappa shape index (κ2) is 6.95. The summed E-state index contributed by atoms with van der Waals surface area (Å²) < 4.78 is 0. The number of carbonyl (C=O) groups is 2. The Morgan fingerprint density at radius 2 is 1.62 bits per heavy atom. The van der Waals surface area contributed by atoms with Gasteiger partial charge in [-0.3, -0.25) is 20.4 Å². The minimum absolute atomic E-state index is 0.326. The Morgan fingerprint density at radius 3 is 2.29 bits per heavy atom. The largest absolute Gasteiger partial charge is 0.270 e. The number of rotatable bonds is 3. The number of thioether (sulfide) groups is 1. The summed E-state index contributed by atoms with van der Waals surface area (Å²) >= 11 is 1.56. The molecule has 0 aromatic heterocycles. The van der Waals surface area contributed by atoms with Gasteiger partial charge in [0.15, 0.2) is 0 Å². The molecule has 0 saturated heterocycles. The van der Waals surface area contributed by atoms with E-state index in [1.54, 1.807) is 36.0 Å². The molecule has 0 atom stereocenters. The van der Waals surface area contributed by atoms with E-state index in [4.69, 9.17) is 0 Å². The van der Waals surface area contributed by atoms with Crippen LogP contribution in [0, 0.1) is 6.92 Å². The third-order valence-electron chi connectivity index (χ3n) is 3.01. The van der Waals surface area contributed by atoms with Gasteiger partial charge in [-0.05, 0) is 43.0 Å². The number of hydrogen-bond donors (Lipinski definition) is 2. The molecule has 0 aliphatic rings. The number of benzene rings is 2. The fourth-order valence-corrected chi connectivity index (χ4v) is 2.26. The zero-order valence-electron chi connectivity index (χ0n) is 11.8. The first kappa shape index (κ1) is 15.1. The van der Waals surface area contributed by atoms with E-state index in [1.807, 2.05) is 37.4 Å². The van der Waals surface area contributed by atoms with Gasteiger partial charge in [-0.1, -0.05) is 24.3 Å². The fraction of sp³-hybridized carbons (Fsp3) is 0.125. The van der Waals surface area contributed by atoms with Crippen LogP contribution in [0.1, 0.15) is 26.3 Å². The molecule has 2 N–H and O–H groups in total. The van der Waals surface area contributed by atoms with Gasteiger partial charge in [0, 0.05) is 16.0 Å². The number of amides is 2. The van der Waals surface area contributed by atoms with Crippen molar-refractivity contribution in [2.45, 2.75) is 11.8 Å². The molecular formula is C16H16N2O2S. The monoisotopic (exact) mass is 300 g/mol. The Hall–Kier alpha value is -2.27. The first-order valence-corrected chi connectivity index (χ1v) is 7.64. The Balaban J connectivity index is 2.04. The standard InChI is InChI=1S/C16H16N2O2S/c1-11-8-9-13(21-2)10-14(11)16(20)18-17-15(19)12-6-4-3-5-7-12/h3-10H,1-2H3,(H,17,19)(H,18,20). The molecule has 0 aliphatic heterocycles. The number of hydrogen-bond acceptors (Lipinski definition) is 3. The molecule has 0 fully saturated rings. The maximum atomic E-state index is 12.1. The van der Waals surface area contributed by atoms with Crippen molar-refractivity contribution >= 4 is 23.6 Å². The molecule has 108 valence electrons. The molecule has 0 radical (unpaired) electrons. The smallest absolute Gasteiger partial charge is 0.267 e. The lowest BCUT2D eigenvalue weighted by atomic mass is 10.1. The molecule has 2 amide bonds. The van der Waals surface area contributed by atoms with E-state index in [0.717, 1.165) is 10.5 Å². The highest BCUT2D eigenvalue weighted by molar-refractivity contribution is 7.98. The van der Waals surface area contributed by atoms with Crippen molar-refractivity contribution in [2.75, 3.05) is 6.26 Å². The second-order valence-corrected chi connectivity index (χ2v) is 5.33. The van der Waals surface area contributed by atoms with Gasteiger partial charge in [0.25, 0.3) is 11.8 Å². The van der Waals surface area contributed by atoms with E-state index in [-0.39, 0.29) is 11.8 Å². The molecular weight excluding hydrogens is 284 g/mol. The summed E-state index contributed by atoms with van der Waals surface area (Å²) in [6, 6.07) is 14.4. The summed E-state index contributed by atoms with van der Waals surface area (Å²) in [7, 11) is 0. The summed E-state index contributed by atoms with van der Waals surface area (Å²) in [5.41, 5.74) is 6.76. The Bertz CT molecular complexity index is 657. The lowest BCUT2D eigenvalue weighted by molar-refractivity contribution is 0.0846. The SMILES string of the molecule is CSc1ccc(C)c(C(=O)NNC(=O)c2ccccc2)c1. The predicted molar refractivity (Wildman–Crippen MR) is 84.3 cm³/mol. The van der Waals surface area contributed by atoms with Crippen molar-refractivity contribution in [2.24, 2.45) is 0 Å². The topological polar surface area (TPSA) is 58.2 Å². The average Bonchev–Trinajstić information content (AvgIpc) is 2.53. The highest BCUT2D eigenvalue weighted by atomic mass is 32.2. The molecule has 2 aromatic carbocycles. The Kier molecular flexibility index (Phi) is 5.00. The highest BCUT2D eigenvalue weighted by Crippen LogP contribution is 2.18. The van der Waals surface area contributed by atoms with Crippen molar-refractivity contribution < 1.29 is 9.59 Å². The second-order valence-electron chi connectivity index (χ2n) is 4.46. The number of hydrazine groups is 1. The first-order chi connectivity index (χ1) is 10.1. The quantitative estimate of drug-likeness (QED) is 0.677. The Morgan fingerprint density at radius 1 is 0.952 bits per heavy atom. The zero-order chi connectivity index (χ0) is 15.2. The molecule has 21 heavy (non-hydrogen) atoms. The minimum Gasteiger partial charge on any atom is -0.267 e. The van der Waals surface area contributed by atoms with Gasteiger partial charge >= 0.3 is 0 Å². The van der Waals surface area contributed by atoms with Crippen molar-refractivity contribution in [1.82, 2.24) is 10.9 Å². The van der Waals surface area contributed by atoms with Gasteiger partial charge in [-0.15, -0.1) is 11.8 Å². The molecule has 2 rings (SSSR count). The summed E-state index contributed by atoms with van der Waals surface area (Å²) in [6.45, 7) is 1.86. The highest BCUT2D eigenvalue weighted by Gasteiger charge is 2.11. The van der Waals surface area contributed by atoms with E-state index in [1.165, 1.54) is 0 Å². The van der Waals surface area contributed by atoms with Crippen LogP contribution in [-0.2, 0) is 0 Å². The lowest BCUT2D eigenvalue weighted by Crippen LogP contribution is -2.41. The van der Waals surface area contributed by atoms with Crippen molar-refractivity contribution in [3.8, 4) is 0 Å². The molecule has 0 aliphatic carbocycles. The molecule has 0 spiro atoms. The van der Waals surface area contributed by atoms with Crippen LogP contribution >= 0.6 is 11.8 Å². The van der Waals surface area contributed by atoms with Crippen LogP contribution in [0.3, 0.4) is 0 Å². The summed E-state index contributed by atoms with van der Waals surface area (Å²) in [6.07, 6.45) is 1.95. The maximum absolute atomic E-state index is 12.1. The van der Waals surface area contributed by atoms with Crippen LogP contribution in [0.25, 0.3) is 0 Å². The third-order valence-corrected chi connectivity index (χ3v) is 3.74. The van der Waals surface area contributed by atoms with E-state index in [2.05, 4.69) is 10.9 Å². The van der Waals surface area contributed by atoms with Crippen LogP contribution in [0.4, 0.5) is 0 Å². The van der Waals surface area contributed by atoms with Gasteiger partial charge in [-0.2, -0.15) is 0 Å². The number of aryl methyl sites for hydroxylation is 1. The van der Waals surface area contributed by atoms with Crippen molar-refractivity contribution in [1.29, 1.82) is 0 Å². The molecule has 0 saturated carbocycles. The normalized spacial score (nSPS) is 10.0. The van der Waals surface area contributed by atoms with Crippen LogP contribution in [0.2, 0.25) is 0 Å². The number of carbonyl (C=O) groups excluding carboxylic acids is 2. The predicted octanol–water partition coefficient (Wildman–Crippen LogP) is 2.79. The van der Waals surface area contributed by atoms with Gasteiger partial charge in [0.05, 0.1) is 0 Å². The molecule has 5 heteroatoms. The first-order valence-electron chi connectivity index (χ1n) is 6.42. The maximum Gasteiger partial charge on any atom is 0.270 e. The van der Waals surface area contributed by atoms with Gasteiger partial charge < -0.3 is 0 Å². The van der Waals surface area contributed by atoms with Crippen LogP contribution in [-0.4, -0.2) is 18.1 Å². The molecule has 0 bridgehead atoms. The molecule has 2 aromatic rings. The van der Waals surface area contributed by atoms with Crippen molar-refractivity contribution in [3.05, 3.63) is 65.2 Å². The van der Waals surface area contributed by atoms with Crippen LogP contribution < -0.4 is 10.9 Å². The average molecular weight is 300 g/mol. The van der Waals surface area contributed by atoms with Crippen LogP contribution in [0.15, 0.2) is 53.4 Å². The summed E-state index contributed by atoms with van der Waals surface area (Å²) in [5, 5.41) is 0. The molecule has 4 nitrogen and oxygen atoms in total. The van der Waals surface area contributed by atoms with Gasteiger partial charge in [0.1, 0.15) is 0 Å². The van der Waals surface area contributed by atoms with Gasteiger partial charge in [-0.25, -0.2) is 0 Å². The van der Waals surface area contributed by atoms with E-state index in [0.29, 0.717) is 11.1 Å². The lowest BCUT2D eigenvalue weighted by Gasteiger charge is -2.10. The fourth-order valence-electron chi connectivity index (χ4n) is 1.82. The van der Waals surface area contributed by atoms with Gasteiger partial charge in [0.2, 0.25) is 0 Å².